The lowest BCUT2D eigenvalue weighted by Gasteiger charge is -2.14. The summed E-state index contributed by atoms with van der Waals surface area (Å²) in [6, 6.07) is 17.4. The Hall–Kier alpha value is -4.07. The quantitative estimate of drug-likeness (QED) is 0.428. The Bertz CT molecular complexity index is 1460. The molecule has 7 nitrogen and oxygen atoms in total. The summed E-state index contributed by atoms with van der Waals surface area (Å²) >= 11 is 0. The third kappa shape index (κ3) is 3.42. The van der Waals surface area contributed by atoms with Crippen molar-refractivity contribution < 1.29 is 4.39 Å². The van der Waals surface area contributed by atoms with Gasteiger partial charge in [-0.15, -0.1) is 0 Å². The second kappa shape index (κ2) is 7.64. The summed E-state index contributed by atoms with van der Waals surface area (Å²) in [4.78, 5) is 27.9. The van der Waals surface area contributed by atoms with Gasteiger partial charge in [0.25, 0.3) is 5.56 Å². The minimum absolute atomic E-state index is 0.0560. The number of pyridine rings is 2. The molecule has 0 unspecified atom stereocenters. The van der Waals surface area contributed by atoms with Gasteiger partial charge in [-0.05, 0) is 42.7 Å². The number of hydrogen-bond donors (Lipinski definition) is 2. The van der Waals surface area contributed by atoms with E-state index in [1.54, 1.807) is 4.40 Å². The number of H-pyrrole nitrogens is 1. The topological polar surface area (TPSA) is 88.0 Å². The average molecular weight is 414 g/mol. The number of nitrogens with one attached hydrogen (secondary N) is 2. The second-order valence-corrected chi connectivity index (χ2v) is 7.26. The van der Waals surface area contributed by atoms with E-state index < -0.39 is 6.08 Å². The van der Waals surface area contributed by atoms with E-state index in [4.69, 9.17) is 0 Å². The molecule has 5 aromatic rings. The minimum Gasteiger partial charge on any atom is -0.368 e. The Morgan fingerprint density at radius 2 is 1.94 bits per heavy atom. The normalized spacial score (nSPS) is 11.3. The van der Waals surface area contributed by atoms with E-state index >= 15 is 0 Å². The van der Waals surface area contributed by atoms with Crippen LogP contribution in [-0.4, -0.2) is 30.9 Å². The zero-order valence-electron chi connectivity index (χ0n) is 16.8. The molecule has 4 aromatic heterocycles. The van der Waals surface area contributed by atoms with Crippen molar-refractivity contribution in [2.75, 3.05) is 11.9 Å². The van der Waals surface area contributed by atoms with Gasteiger partial charge in [0.15, 0.2) is 11.5 Å². The molecule has 31 heavy (non-hydrogen) atoms. The number of anilines is 1. The van der Waals surface area contributed by atoms with Crippen molar-refractivity contribution in [1.29, 1.82) is 0 Å². The Morgan fingerprint density at radius 3 is 2.77 bits per heavy atom. The molecule has 2 N–H and O–H groups in total. The number of aromatic amines is 1. The summed E-state index contributed by atoms with van der Waals surface area (Å²) in [5, 5.41) is 3.14. The Labute approximate surface area is 176 Å². The predicted molar refractivity (Wildman–Crippen MR) is 118 cm³/mol. The summed E-state index contributed by atoms with van der Waals surface area (Å²) in [5.41, 5.74) is 4.89. The highest BCUT2D eigenvalue weighted by Gasteiger charge is 2.15. The fourth-order valence-electron chi connectivity index (χ4n) is 3.89. The van der Waals surface area contributed by atoms with Crippen molar-refractivity contribution >= 4 is 22.5 Å². The van der Waals surface area contributed by atoms with Gasteiger partial charge in [-0.1, -0.05) is 36.4 Å². The predicted octanol–water partition coefficient (Wildman–Crippen LogP) is 3.73. The Morgan fingerprint density at radius 1 is 1.10 bits per heavy atom. The highest BCUT2D eigenvalue weighted by atomic mass is 19.1. The van der Waals surface area contributed by atoms with Crippen LogP contribution >= 0.6 is 0 Å². The average Bonchev–Trinajstić information content (AvgIpc) is 3.23. The molecule has 0 saturated heterocycles. The first-order valence-electron chi connectivity index (χ1n) is 9.92. The van der Waals surface area contributed by atoms with Crippen molar-refractivity contribution in [2.45, 2.75) is 13.3 Å². The number of benzene rings is 1. The van der Waals surface area contributed by atoms with Crippen LogP contribution in [0, 0.1) is 13.0 Å². The molecule has 0 atom stereocenters. The van der Waals surface area contributed by atoms with Crippen LogP contribution in [0.3, 0.4) is 0 Å². The number of rotatable bonds is 5. The van der Waals surface area contributed by atoms with Crippen LogP contribution < -0.4 is 10.9 Å². The van der Waals surface area contributed by atoms with E-state index in [-0.39, 0.29) is 5.56 Å². The van der Waals surface area contributed by atoms with Gasteiger partial charge in [0, 0.05) is 17.8 Å². The number of nitrogens with zero attached hydrogens (tertiary/aromatic N) is 4. The number of fused-ring (bicyclic) bond motifs is 2. The van der Waals surface area contributed by atoms with Crippen LogP contribution in [-0.2, 0) is 6.42 Å². The highest BCUT2D eigenvalue weighted by molar-refractivity contribution is 5.82. The van der Waals surface area contributed by atoms with Gasteiger partial charge in [0.2, 0.25) is 0 Å². The highest BCUT2D eigenvalue weighted by Crippen LogP contribution is 2.23. The molecule has 0 aliphatic carbocycles. The first-order chi connectivity index (χ1) is 15.1. The second-order valence-electron chi connectivity index (χ2n) is 7.26. The molecule has 0 aliphatic rings. The van der Waals surface area contributed by atoms with Gasteiger partial charge >= 0.3 is 6.08 Å². The van der Waals surface area contributed by atoms with E-state index in [0.717, 1.165) is 22.3 Å². The fourth-order valence-corrected chi connectivity index (χ4v) is 3.89. The molecule has 4 heterocycles. The van der Waals surface area contributed by atoms with Crippen LogP contribution in [0.1, 0.15) is 11.3 Å². The first kappa shape index (κ1) is 18.9. The SMILES string of the molecule is Cc1cccc2cc(CCNc3nc(F)nc4[nH]cnc34)c(-c3ccccc3)c(=O)n12. The lowest BCUT2D eigenvalue weighted by atomic mass is 9.98. The number of imidazole rings is 1. The molecule has 0 saturated carbocycles. The van der Waals surface area contributed by atoms with E-state index in [9.17, 15) is 9.18 Å². The van der Waals surface area contributed by atoms with Crippen LogP contribution in [0.4, 0.5) is 10.2 Å². The molecule has 0 aliphatic heterocycles. The molecule has 0 spiro atoms. The van der Waals surface area contributed by atoms with Crippen molar-refractivity contribution in [2.24, 2.45) is 0 Å². The number of aryl methyl sites for hydroxylation is 1. The van der Waals surface area contributed by atoms with Gasteiger partial charge in [-0.2, -0.15) is 14.4 Å². The summed E-state index contributed by atoms with van der Waals surface area (Å²) in [5.74, 6) is 0.318. The van der Waals surface area contributed by atoms with E-state index in [2.05, 4.69) is 25.3 Å². The van der Waals surface area contributed by atoms with Gasteiger partial charge in [-0.25, -0.2) is 4.98 Å². The molecule has 8 heteroatoms. The van der Waals surface area contributed by atoms with Gasteiger partial charge in [-0.3, -0.25) is 9.20 Å². The molecular formula is C23H19FN6O. The standard InChI is InChI=1S/C23H19FN6O/c1-14-6-5-9-17-12-16(18(22(31)30(14)17)15-7-3-2-4-8-15)10-11-25-20-19-21(27-13-26-19)29-23(24)28-20/h2-9,12-13H,10-11H2,1H3,(H2,25,26,27,28,29). The summed E-state index contributed by atoms with van der Waals surface area (Å²) in [7, 11) is 0. The van der Waals surface area contributed by atoms with Crippen molar-refractivity contribution in [1.82, 2.24) is 24.3 Å². The molecule has 154 valence electrons. The van der Waals surface area contributed by atoms with Crippen molar-refractivity contribution in [3.05, 3.63) is 88.6 Å². The van der Waals surface area contributed by atoms with E-state index in [1.807, 2.05) is 61.5 Å². The van der Waals surface area contributed by atoms with Crippen LogP contribution in [0.15, 0.2) is 65.7 Å². The molecule has 0 amide bonds. The van der Waals surface area contributed by atoms with E-state index in [0.29, 0.717) is 35.5 Å². The maximum Gasteiger partial charge on any atom is 0.312 e. The fraction of sp³-hybridized carbons (Fsp3) is 0.130. The molecule has 0 bridgehead atoms. The van der Waals surface area contributed by atoms with E-state index in [1.165, 1.54) is 6.33 Å². The summed E-state index contributed by atoms with van der Waals surface area (Å²) < 4.78 is 15.5. The summed E-state index contributed by atoms with van der Waals surface area (Å²) in [6.45, 7) is 2.36. The molecule has 0 fully saturated rings. The third-order valence-electron chi connectivity index (χ3n) is 5.28. The number of halogens is 1. The zero-order valence-corrected chi connectivity index (χ0v) is 16.8. The Balaban J connectivity index is 1.54. The smallest absolute Gasteiger partial charge is 0.312 e. The number of aromatic nitrogens is 5. The van der Waals surface area contributed by atoms with Crippen molar-refractivity contribution in [3.63, 3.8) is 0 Å². The maximum absolute atomic E-state index is 13.7. The third-order valence-corrected chi connectivity index (χ3v) is 5.28. The number of hydrogen-bond acceptors (Lipinski definition) is 5. The van der Waals surface area contributed by atoms with Crippen molar-refractivity contribution in [3.8, 4) is 11.1 Å². The van der Waals surface area contributed by atoms with Gasteiger partial charge in [0.1, 0.15) is 5.52 Å². The largest absolute Gasteiger partial charge is 0.368 e. The van der Waals surface area contributed by atoms with Crippen LogP contribution in [0.2, 0.25) is 0 Å². The summed E-state index contributed by atoms with van der Waals surface area (Å²) in [6.07, 6.45) is 1.16. The zero-order chi connectivity index (χ0) is 21.4. The lowest BCUT2D eigenvalue weighted by Crippen LogP contribution is -2.21. The molecular weight excluding hydrogens is 395 g/mol. The van der Waals surface area contributed by atoms with Gasteiger partial charge < -0.3 is 10.3 Å². The maximum atomic E-state index is 13.7. The van der Waals surface area contributed by atoms with Crippen LogP contribution in [0.25, 0.3) is 27.8 Å². The molecule has 1 aromatic carbocycles. The van der Waals surface area contributed by atoms with Gasteiger partial charge in [0.05, 0.1) is 11.9 Å². The molecule has 0 radical (unpaired) electrons. The van der Waals surface area contributed by atoms with Crippen LogP contribution in [0.5, 0.6) is 0 Å². The molecule has 5 rings (SSSR count). The Kier molecular flexibility index (Phi) is 4.66. The minimum atomic E-state index is -0.830. The first-order valence-corrected chi connectivity index (χ1v) is 9.92. The lowest BCUT2D eigenvalue weighted by molar-refractivity contribution is 0.545. The monoisotopic (exact) mass is 414 g/mol.